The quantitative estimate of drug-likeness (QED) is 0.682. The Morgan fingerprint density at radius 1 is 1.33 bits per heavy atom. The van der Waals surface area contributed by atoms with E-state index >= 15 is 0 Å². The van der Waals surface area contributed by atoms with Crippen LogP contribution in [0.2, 0.25) is 0 Å². The summed E-state index contributed by atoms with van der Waals surface area (Å²) in [5, 5.41) is 3.65. The fourth-order valence-corrected chi connectivity index (χ4v) is 2.03. The van der Waals surface area contributed by atoms with E-state index in [1.54, 1.807) is 0 Å². The fourth-order valence-electron chi connectivity index (χ4n) is 2.03. The zero-order valence-corrected chi connectivity index (χ0v) is 8.77. The third-order valence-electron chi connectivity index (χ3n) is 2.93. The van der Waals surface area contributed by atoms with Gasteiger partial charge in [-0.1, -0.05) is 27.2 Å². The molecular weight excluding hydrogens is 146 g/mol. The first kappa shape index (κ1) is 10.0. The summed E-state index contributed by atoms with van der Waals surface area (Å²) < 4.78 is 0. The van der Waals surface area contributed by atoms with Gasteiger partial charge in [-0.2, -0.15) is 0 Å². The molecule has 0 spiro atoms. The molecule has 0 aromatic carbocycles. The minimum Gasteiger partial charge on any atom is -0.314 e. The molecule has 1 N–H and O–H groups in total. The maximum absolute atomic E-state index is 3.65. The summed E-state index contributed by atoms with van der Waals surface area (Å²) in [5.74, 6) is 1.81. The average molecular weight is 169 g/mol. The first-order valence-electron chi connectivity index (χ1n) is 5.45. The van der Waals surface area contributed by atoms with Crippen LogP contribution in [0.5, 0.6) is 0 Å². The first-order valence-corrected chi connectivity index (χ1v) is 5.45. The number of hydrogen-bond donors (Lipinski definition) is 1. The van der Waals surface area contributed by atoms with E-state index in [2.05, 4.69) is 26.1 Å². The molecule has 0 aromatic heterocycles. The van der Waals surface area contributed by atoms with Crippen molar-refractivity contribution in [1.82, 2.24) is 5.32 Å². The monoisotopic (exact) mass is 169 g/mol. The third kappa shape index (κ3) is 3.14. The van der Waals surface area contributed by atoms with Gasteiger partial charge in [-0.3, -0.25) is 0 Å². The molecule has 1 heteroatoms. The van der Waals surface area contributed by atoms with Crippen LogP contribution in [0.1, 0.15) is 46.5 Å². The molecule has 72 valence electrons. The van der Waals surface area contributed by atoms with Crippen molar-refractivity contribution in [3.8, 4) is 0 Å². The van der Waals surface area contributed by atoms with Crippen molar-refractivity contribution in [2.75, 3.05) is 6.54 Å². The second kappa shape index (κ2) is 4.86. The van der Waals surface area contributed by atoms with Crippen LogP contribution in [0, 0.1) is 11.8 Å². The van der Waals surface area contributed by atoms with Gasteiger partial charge in [-0.15, -0.1) is 0 Å². The van der Waals surface area contributed by atoms with E-state index in [4.69, 9.17) is 0 Å². The molecule has 1 rings (SSSR count). The molecule has 1 aliphatic rings. The standard InChI is InChI=1S/C11H23N/c1-4-10-5-6-11(7-10)12-8-9(2)3/h9-12H,4-8H2,1-3H3. The first-order chi connectivity index (χ1) is 5.72. The molecular formula is C11H23N. The van der Waals surface area contributed by atoms with Crippen molar-refractivity contribution < 1.29 is 0 Å². The zero-order chi connectivity index (χ0) is 8.97. The summed E-state index contributed by atoms with van der Waals surface area (Å²) >= 11 is 0. The van der Waals surface area contributed by atoms with Gasteiger partial charge in [0, 0.05) is 6.04 Å². The zero-order valence-electron chi connectivity index (χ0n) is 8.77. The maximum Gasteiger partial charge on any atom is 0.00699 e. The smallest absolute Gasteiger partial charge is 0.00699 e. The van der Waals surface area contributed by atoms with E-state index in [9.17, 15) is 0 Å². The summed E-state index contributed by atoms with van der Waals surface area (Å²) in [6, 6.07) is 0.831. The SMILES string of the molecule is CCC1CCC(NCC(C)C)C1. The van der Waals surface area contributed by atoms with Gasteiger partial charge >= 0.3 is 0 Å². The van der Waals surface area contributed by atoms with Crippen LogP contribution >= 0.6 is 0 Å². The number of hydrogen-bond acceptors (Lipinski definition) is 1. The van der Waals surface area contributed by atoms with Crippen LogP contribution in [-0.2, 0) is 0 Å². The normalized spacial score (nSPS) is 30.0. The largest absolute Gasteiger partial charge is 0.314 e. The van der Waals surface area contributed by atoms with Gasteiger partial charge < -0.3 is 5.32 Å². The van der Waals surface area contributed by atoms with E-state index < -0.39 is 0 Å². The topological polar surface area (TPSA) is 12.0 Å². The minimum absolute atomic E-state index is 0.797. The summed E-state index contributed by atoms with van der Waals surface area (Å²) in [5.41, 5.74) is 0. The van der Waals surface area contributed by atoms with Gasteiger partial charge in [-0.25, -0.2) is 0 Å². The molecule has 0 amide bonds. The Bertz CT molecular complexity index is 120. The highest BCUT2D eigenvalue weighted by atomic mass is 14.9. The molecule has 0 aromatic rings. The highest BCUT2D eigenvalue weighted by Crippen LogP contribution is 2.27. The van der Waals surface area contributed by atoms with Gasteiger partial charge in [-0.05, 0) is 37.6 Å². The van der Waals surface area contributed by atoms with Gasteiger partial charge in [0.05, 0.1) is 0 Å². The van der Waals surface area contributed by atoms with Crippen LogP contribution in [0.4, 0.5) is 0 Å². The molecule has 1 nitrogen and oxygen atoms in total. The number of rotatable bonds is 4. The van der Waals surface area contributed by atoms with Crippen LogP contribution < -0.4 is 5.32 Å². The molecule has 2 unspecified atom stereocenters. The van der Waals surface area contributed by atoms with Crippen molar-refractivity contribution in [3.63, 3.8) is 0 Å². The highest BCUT2D eigenvalue weighted by molar-refractivity contribution is 4.79. The molecule has 12 heavy (non-hydrogen) atoms. The highest BCUT2D eigenvalue weighted by Gasteiger charge is 2.22. The van der Waals surface area contributed by atoms with Crippen molar-refractivity contribution in [2.24, 2.45) is 11.8 Å². The number of nitrogens with one attached hydrogen (secondary N) is 1. The predicted octanol–water partition coefficient (Wildman–Crippen LogP) is 2.81. The lowest BCUT2D eigenvalue weighted by atomic mass is 10.1. The fraction of sp³-hybridized carbons (Fsp3) is 1.00. The molecule has 1 aliphatic carbocycles. The molecule has 0 heterocycles. The lowest BCUT2D eigenvalue weighted by Gasteiger charge is -2.14. The lowest BCUT2D eigenvalue weighted by molar-refractivity contribution is 0.446. The molecule has 2 atom stereocenters. The minimum atomic E-state index is 0.797. The Balaban J connectivity index is 2.11. The third-order valence-corrected chi connectivity index (χ3v) is 2.93. The van der Waals surface area contributed by atoms with Crippen LogP contribution in [-0.4, -0.2) is 12.6 Å². The molecule has 0 radical (unpaired) electrons. The van der Waals surface area contributed by atoms with Crippen LogP contribution in [0.3, 0.4) is 0 Å². The van der Waals surface area contributed by atoms with Crippen LogP contribution in [0.25, 0.3) is 0 Å². The Kier molecular flexibility index (Phi) is 4.07. The van der Waals surface area contributed by atoms with E-state index in [1.807, 2.05) is 0 Å². The van der Waals surface area contributed by atoms with E-state index in [0.717, 1.165) is 17.9 Å². The summed E-state index contributed by atoms with van der Waals surface area (Å²) in [4.78, 5) is 0. The van der Waals surface area contributed by atoms with E-state index in [-0.39, 0.29) is 0 Å². The van der Waals surface area contributed by atoms with Gasteiger partial charge in [0.1, 0.15) is 0 Å². The van der Waals surface area contributed by atoms with E-state index in [0.29, 0.717) is 0 Å². The van der Waals surface area contributed by atoms with Crippen molar-refractivity contribution >= 4 is 0 Å². The van der Waals surface area contributed by atoms with Crippen molar-refractivity contribution in [1.29, 1.82) is 0 Å². The Morgan fingerprint density at radius 3 is 2.58 bits per heavy atom. The average Bonchev–Trinajstić information content (AvgIpc) is 2.48. The van der Waals surface area contributed by atoms with Crippen molar-refractivity contribution in [2.45, 2.75) is 52.5 Å². The van der Waals surface area contributed by atoms with Gasteiger partial charge in [0.25, 0.3) is 0 Å². The van der Waals surface area contributed by atoms with Crippen molar-refractivity contribution in [3.05, 3.63) is 0 Å². The molecule has 0 aliphatic heterocycles. The Morgan fingerprint density at radius 2 is 2.08 bits per heavy atom. The summed E-state index contributed by atoms with van der Waals surface area (Å²) in [6.07, 6.45) is 5.65. The lowest BCUT2D eigenvalue weighted by Crippen LogP contribution is -2.29. The van der Waals surface area contributed by atoms with Gasteiger partial charge in [0.15, 0.2) is 0 Å². The Labute approximate surface area is 76.9 Å². The second-order valence-electron chi connectivity index (χ2n) is 4.59. The molecule has 1 fully saturated rings. The molecule has 1 saturated carbocycles. The molecule has 0 bridgehead atoms. The summed E-state index contributed by atoms with van der Waals surface area (Å²) in [7, 11) is 0. The second-order valence-corrected chi connectivity index (χ2v) is 4.59. The molecule has 0 saturated heterocycles. The maximum atomic E-state index is 3.65. The van der Waals surface area contributed by atoms with Crippen LogP contribution in [0.15, 0.2) is 0 Å². The summed E-state index contributed by atoms with van der Waals surface area (Å²) in [6.45, 7) is 8.06. The van der Waals surface area contributed by atoms with Gasteiger partial charge in [0.2, 0.25) is 0 Å². The predicted molar refractivity (Wildman–Crippen MR) is 54.3 cm³/mol. The Hall–Kier alpha value is -0.0400. The van der Waals surface area contributed by atoms with E-state index in [1.165, 1.54) is 32.2 Å².